The molecule has 0 bridgehead atoms. The lowest BCUT2D eigenvalue weighted by Crippen LogP contribution is -2.50. The number of carbonyl (C=O) groups excluding carboxylic acids is 2. The Hall–Kier alpha value is -2.42. The van der Waals surface area contributed by atoms with Gasteiger partial charge in [-0.25, -0.2) is 4.79 Å². The molecule has 7 nitrogen and oxygen atoms in total. The molecule has 0 saturated carbocycles. The molecule has 1 amide bonds. The van der Waals surface area contributed by atoms with Gasteiger partial charge in [0.15, 0.2) is 0 Å². The van der Waals surface area contributed by atoms with Gasteiger partial charge in [-0.05, 0) is 50.2 Å². The van der Waals surface area contributed by atoms with Crippen LogP contribution in [0.1, 0.15) is 31.8 Å². The van der Waals surface area contributed by atoms with Gasteiger partial charge < -0.3 is 19.5 Å². The minimum atomic E-state index is -0.642. The van der Waals surface area contributed by atoms with Crippen LogP contribution in [-0.4, -0.2) is 78.8 Å². The average molecular weight is 433 g/mol. The Morgan fingerprint density at radius 2 is 1.80 bits per heavy atom. The number of thiophene rings is 1. The van der Waals surface area contributed by atoms with Crippen molar-refractivity contribution in [2.45, 2.75) is 20.0 Å². The first-order valence-electron chi connectivity index (χ1n) is 10.1. The van der Waals surface area contributed by atoms with Gasteiger partial charge in [-0.3, -0.25) is 9.69 Å². The van der Waals surface area contributed by atoms with E-state index in [1.54, 1.807) is 31.2 Å². The zero-order chi connectivity index (χ0) is 21.5. The van der Waals surface area contributed by atoms with Crippen molar-refractivity contribution in [3.8, 4) is 5.75 Å². The number of β-amino-alcohol motifs (C(OH)–C–C–N with tert-alkyl or cyclic N) is 1. The van der Waals surface area contributed by atoms with Crippen molar-refractivity contribution in [2.24, 2.45) is 0 Å². The molecule has 1 saturated heterocycles. The second kappa shape index (κ2) is 10.6. The fourth-order valence-corrected chi connectivity index (χ4v) is 4.12. The van der Waals surface area contributed by atoms with Gasteiger partial charge >= 0.3 is 5.97 Å². The van der Waals surface area contributed by atoms with E-state index in [2.05, 4.69) is 4.90 Å². The predicted octanol–water partition coefficient (Wildman–Crippen LogP) is 2.43. The maximum absolute atomic E-state index is 12.5. The summed E-state index contributed by atoms with van der Waals surface area (Å²) in [5, 5.41) is 10.3. The Bertz CT molecular complexity index is 843. The number of esters is 1. The molecule has 1 unspecified atom stereocenters. The molecular formula is C22H28N2O5S. The Labute approximate surface area is 180 Å². The molecule has 1 aliphatic rings. The lowest BCUT2D eigenvalue weighted by atomic mass is 10.2. The number of amides is 1. The summed E-state index contributed by atoms with van der Waals surface area (Å²) < 4.78 is 10.6. The Balaban J connectivity index is 1.39. The highest BCUT2D eigenvalue weighted by molar-refractivity contribution is 7.13. The van der Waals surface area contributed by atoms with Crippen LogP contribution in [0.2, 0.25) is 0 Å². The van der Waals surface area contributed by atoms with Crippen LogP contribution < -0.4 is 4.74 Å². The summed E-state index contributed by atoms with van der Waals surface area (Å²) in [5.41, 5.74) is 0.467. The SMILES string of the molecule is CCOC(=O)c1ccc(OCC(O)CN2CCN(C(=O)c3ccc(C)s3)CC2)cc1. The maximum Gasteiger partial charge on any atom is 0.338 e. The fraction of sp³-hybridized carbons (Fsp3) is 0.455. The summed E-state index contributed by atoms with van der Waals surface area (Å²) >= 11 is 1.52. The Morgan fingerprint density at radius 1 is 1.10 bits per heavy atom. The molecule has 1 aromatic carbocycles. The standard InChI is InChI=1S/C22H28N2O5S/c1-3-28-22(27)17-5-7-19(8-6-17)29-15-18(25)14-23-10-12-24(13-11-23)21(26)20-9-4-16(2)30-20/h4-9,18,25H,3,10-15H2,1-2H3. The van der Waals surface area contributed by atoms with Crippen molar-refractivity contribution in [1.29, 1.82) is 0 Å². The van der Waals surface area contributed by atoms with Crippen LogP contribution in [-0.2, 0) is 4.74 Å². The maximum atomic E-state index is 12.5. The topological polar surface area (TPSA) is 79.3 Å². The molecule has 3 rings (SSSR count). The van der Waals surface area contributed by atoms with Crippen LogP contribution in [0.5, 0.6) is 5.75 Å². The van der Waals surface area contributed by atoms with E-state index in [0.29, 0.717) is 37.6 Å². The molecular weight excluding hydrogens is 404 g/mol. The van der Waals surface area contributed by atoms with Gasteiger partial charge in [-0.15, -0.1) is 11.3 Å². The number of ether oxygens (including phenoxy) is 2. The Morgan fingerprint density at radius 3 is 2.40 bits per heavy atom. The zero-order valence-corrected chi connectivity index (χ0v) is 18.2. The lowest BCUT2D eigenvalue weighted by Gasteiger charge is -2.35. The molecule has 2 aromatic rings. The van der Waals surface area contributed by atoms with Gasteiger partial charge in [-0.2, -0.15) is 0 Å². The van der Waals surface area contributed by atoms with Gasteiger partial charge in [0.1, 0.15) is 18.5 Å². The zero-order valence-electron chi connectivity index (χ0n) is 17.4. The van der Waals surface area contributed by atoms with Crippen molar-refractivity contribution in [3.63, 3.8) is 0 Å². The van der Waals surface area contributed by atoms with Gasteiger partial charge in [0.2, 0.25) is 0 Å². The van der Waals surface area contributed by atoms with Crippen molar-refractivity contribution in [2.75, 3.05) is 45.9 Å². The van der Waals surface area contributed by atoms with E-state index in [1.807, 2.05) is 24.0 Å². The molecule has 0 aliphatic carbocycles. The third-order valence-corrected chi connectivity index (χ3v) is 5.88. The van der Waals surface area contributed by atoms with Crippen molar-refractivity contribution in [1.82, 2.24) is 9.80 Å². The number of aliphatic hydroxyl groups excluding tert-OH is 1. The smallest absolute Gasteiger partial charge is 0.338 e. The fourth-order valence-electron chi connectivity index (χ4n) is 3.28. The number of hydrogen-bond acceptors (Lipinski definition) is 7. The highest BCUT2D eigenvalue weighted by Crippen LogP contribution is 2.18. The van der Waals surface area contributed by atoms with Crippen LogP contribution in [0.15, 0.2) is 36.4 Å². The number of aliphatic hydroxyl groups is 1. The lowest BCUT2D eigenvalue weighted by molar-refractivity contribution is 0.0404. The number of piperazine rings is 1. The first-order valence-corrected chi connectivity index (χ1v) is 10.9. The minimum Gasteiger partial charge on any atom is -0.491 e. The molecule has 162 valence electrons. The third kappa shape index (κ3) is 6.04. The van der Waals surface area contributed by atoms with E-state index < -0.39 is 6.10 Å². The van der Waals surface area contributed by atoms with Crippen LogP contribution in [0, 0.1) is 6.92 Å². The minimum absolute atomic E-state index is 0.0860. The van der Waals surface area contributed by atoms with E-state index in [-0.39, 0.29) is 18.5 Å². The van der Waals surface area contributed by atoms with E-state index >= 15 is 0 Å². The number of hydrogen-bond donors (Lipinski definition) is 1. The predicted molar refractivity (Wildman–Crippen MR) is 115 cm³/mol. The number of carbonyl (C=O) groups is 2. The molecule has 0 spiro atoms. The van der Waals surface area contributed by atoms with Crippen LogP contribution in [0.3, 0.4) is 0 Å². The van der Waals surface area contributed by atoms with Crippen molar-refractivity contribution >= 4 is 23.2 Å². The van der Waals surface area contributed by atoms with Gasteiger partial charge in [0, 0.05) is 37.6 Å². The number of aryl methyl sites for hydroxylation is 1. The average Bonchev–Trinajstić information content (AvgIpc) is 3.19. The first kappa shape index (κ1) is 22.3. The number of benzene rings is 1. The third-order valence-electron chi connectivity index (χ3n) is 4.89. The number of nitrogens with zero attached hydrogens (tertiary/aromatic N) is 2. The summed E-state index contributed by atoms with van der Waals surface area (Å²) in [5.74, 6) is 0.308. The molecule has 1 fully saturated rings. The Kier molecular flexibility index (Phi) is 7.84. The van der Waals surface area contributed by atoms with E-state index in [9.17, 15) is 14.7 Å². The normalized spacial score (nSPS) is 15.6. The summed E-state index contributed by atoms with van der Waals surface area (Å²) in [4.78, 5) is 30.1. The van der Waals surface area contributed by atoms with Crippen molar-refractivity contribution in [3.05, 3.63) is 51.7 Å². The second-order valence-electron chi connectivity index (χ2n) is 7.21. The van der Waals surface area contributed by atoms with Crippen LogP contribution >= 0.6 is 11.3 Å². The van der Waals surface area contributed by atoms with Crippen LogP contribution in [0.25, 0.3) is 0 Å². The monoisotopic (exact) mass is 432 g/mol. The van der Waals surface area contributed by atoms with Crippen LogP contribution in [0.4, 0.5) is 0 Å². The molecule has 0 radical (unpaired) electrons. The van der Waals surface area contributed by atoms with Gasteiger partial charge in [-0.1, -0.05) is 0 Å². The van der Waals surface area contributed by atoms with E-state index in [1.165, 1.54) is 11.3 Å². The largest absolute Gasteiger partial charge is 0.491 e. The highest BCUT2D eigenvalue weighted by atomic mass is 32.1. The van der Waals surface area contributed by atoms with Gasteiger partial charge in [0.05, 0.1) is 17.0 Å². The number of rotatable bonds is 8. The summed E-state index contributed by atoms with van der Waals surface area (Å²) in [6, 6.07) is 10.5. The molecule has 2 heterocycles. The second-order valence-corrected chi connectivity index (χ2v) is 8.50. The molecule has 1 aromatic heterocycles. The molecule has 30 heavy (non-hydrogen) atoms. The van der Waals surface area contributed by atoms with Crippen molar-refractivity contribution < 1.29 is 24.2 Å². The quantitative estimate of drug-likeness (QED) is 0.646. The highest BCUT2D eigenvalue weighted by Gasteiger charge is 2.24. The summed E-state index contributed by atoms with van der Waals surface area (Å²) in [7, 11) is 0. The summed E-state index contributed by atoms with van der Waals surface area (Å²) in [6.07, 6.45) is -0.642. The van der Waals surface area contributed by atoms with E-state index in [0.717, 1.165) is 22.8 Å². The molecule has 1 aliphatic heterocycles. The summed E-state index contributed by atoms with van der Waals surface area (Å²) in [6.45, 7) is 7.49. The van der Waals surface area contributed by atoms with Gasteiger partial charge in [0.25, 0.3) is 5.91 Å². The first-order chi connectivity index (χ1) is 14.5. The van der Waals surface area contributed by atoms with E-state index in [4.69, 9.17) is 9.47 Å². The molecule has 1 N–H and O–H groups in total. The molecule has 8 heteroatoms. The molecule has 1 atom stereocenters.